The Morgan fingerprint density at radius 2 is 1.95 bits per heavy atom. The fraction of sp³-hybridized carbons (Fsp3) is 0.357. The highest BCUT2D eigenvalue weighted by atomic mass is 16.4. The van der Waals surface area contributed by atoms with E-state index >= 15 is 0 Å². The topological polar surface area (TPSA) is 79.3 Å². The van der Waals surface area contributed by atoms with E-state index in [1.807, 2.05) is 25.1 Å². The van der Waals surface area contributed by atoms with Gasteiger partial charge in [-0.1, -0.05) is 18.2 Å². The van der Waals surface area contributed by atoms with E-state index in [2.05, 4.69) is 10.3 Å². The maximum absolute atomic E-state index is 12.1. The summed E-state index contributed by atoms with van der Waals surface area (Å²) in [4.78, 5) is 27.3. The molecule has 0 saturated carbocycles. The Morgan fingerprint density at radius 3 is 2.53 bits per heavy atom. The number of rotatable bonds is 3. The summed E-state index contributed by atoms with van der Waals surface area (Å²) in [5.41, 5.74) is 1.00. The number of allylic oxidation sites excluding steroid dienone is 2. The van der Waals surface area contributed by atoms with Gasteiger partial charge < -0.3 is 10.4 Å². The molecule has 1 aromatic rings. The molecule has 0 spiro atoms. The lowest BCUT2D eigenvalue weighted by Crippen LogP contribution is -2.34. The van der Waals surface area contributed by atoms with E-state index in [0.29, 0.717) is 18.7 Å². The SMILES string of the molecule is Cc1ccc(NC(=O)C2CC=CCC2C(=O)O)nc1. The van der Waals surface area contributed by atoms with Crippen molar-refractivity contribution in [2.24, 2.45) is 11.8 Å². The third-order valence-electron chi connectivity index (χ3n) is 3.25. The standard InChI is InChI=1S/C14H16N2O3/c1-9-6-7-12(15-8-9)16-13(17)10-4-2-3-5-11(10)14(18)19/h2-3,6-8,10-11H,4-5H2,1H3,(H,18,19)(H,15,16,17). The minimum atomic E-state index is -0.929. The first kappa shape index (κ1) is 13.3. The normalized spacial score (nSPS) is 21.9. The van der Waals surface area contributed by atoms with Crippen molar-refractivity contribution in [3.05, 3.63) is 36.0 Å². The number of nitrogens with zero attached hydrogens (tertiary/aromatic N) is 1. The van der Waals surface area contributed by atoms with Gasteiger partial charge in [0.25, 0.3) is 0 Å². The number of carboxylic acid groups (broad SMARTS) is 1. The first-order valence-electron chi connectivity index (χ1n) is 6.19. The van der Waals surface area contributed by atoms with Gasteiger partial charge in [-0.15, -0.1) is 0 Å². The number of carbonyl (C=O) groups is 2. The average Bonchev–Trinajstić information content (AvgIpc) is 2.41. The number of amides is 1. The number of hydrogen-bond acceptors (Lipinski definition) is 3. The van der Waals surface area contributed by atoms with Gasteiger partial charge in [-0.05, 0) is 31.4 Å². The van der Waals surface area contributed by atoms with E-state index in [0.717, 1.165) is 5.56 Å². The van der Waals surface area contributed by atoms with Crippen molar-refractivity contribution in [1.82, 2.24) is 4.98 Å². The minimum absolute atomic E-state index is 0.284. The molecule has 0 bridgehead atoms. The van der Waals surface area contributed by atoms with Crippen LogP contribution in [-0.4, -0.2) is 22.0 Å². The van der Waals surface area contributed by atoms with Crippen LogP contribution in [0, 0.1) is 18.8 Å². The summed E-state index contributed by atoms with van der Waals surface area (Å²) in [5, 5.41) is 11.8. The summed E-state index contributed by atoms with van der Waals surface area (Å²) in [5.74, 6) is -1.95. The summed E-state index contributed by atoms with van der Waals surface area (Å²) in [6, 6.07) is 3.56. The summed E-state index contributed by atoms with van der Waals surface area (Å²) >= 11 is 0. The highest BCUT2D eigenvalue weighted by molar-refractivity contribution is 5.94. The fourth-order valence-electron chi connectivity index (χ4n) is 2.14. The molecule has 1 aliphatic rings. The molecule has 19 heavy (non-hydrogen) atoms. The Labute approximate surface area is 111 Å². The van der Waals surface area contributed by atoms with Crippen LogP contribution in [0.2, 0.25) is 0 Å². The molecule has 1 amide bonds. The third kappa shape index (κ3) is 3.19. The van der Waals surface area contributed by atoms with Crippen LogP contribution in [0.25, 0.3) is 0 Å². The number of carboxylic acids is 1. The van der Waals surface area contributed by atoms with E-state index in [1.54, 1.807) is 12.3 Å². The van der Waals surface area contributed by atoms with Gasteiger partial charge in [0.1, 0.15) is 5.82 Å². The quantitative estimate of drug-likeness (QED) is 0.815. The maximum atomic E-state index is 12.1. The molecular weight excluding hydrogens is 244 g/mol. The largest absolute Gasteiger partial charge is 0.481 e. The van der Waals surface area contributed by atoms with Crippen LogP contribution >= 0.6 is 0 Å². The smallest absolute Gasteiger partial charge is 0.307 e. The monoisotopic (exact) mass is 260 g/mol. The number of aromatic nitrogens is 1. The molecule has 0 aromatic carbocycles. The predicted molar refractivity (Wildman–Crippen MR) is 70.6 cm³/mol. The second-order valence-corrected chi connectivity index (χ2v) is 4.70. The molecule has 2 rings (SSSR count). The maximum Gasteiger partial charge on any atom is 0.307 e. The zero-order valence-electron chi connectivity index (χ0n) is 10.7. The van der Waals surface area contributed by atoms with Crippen molar-refractivity contribution >= 4 is 17.7 Å². The van der Waals surface area contributed by atoms with Crippen LogP contribution in [0.15, 0.2) is 30.5 Å². The predicted octanol–water partition coefficient (Wildman–Crippen LogP) is 2.00. The molecule has 2 N–H and O–H groups in total. The molecule has 0 radical (unpaired) electrons. The van der Waals surface area contributed by atoms with Crippen LogP contribution in [0.1, 0.15) is 18.4 Å². The number of hydrogen-bond donors (Lipinski definition) is 2. The zero-order valence-corrected chi connectivity index (χ0v) is 10.7. The highest BCUT2D eigenvalue weighted by Gasteiger charge is 2.33. The lowest BCUT2D eigenvalue weighted by molar-refractivity contribution is -0.146. The number of aliphatic carboxylic acids is 1. The molecule has 1 heterocycles. The Hall–Kier alpha value is -2.17. The number of carbonyl (C=O) groups excluding carboxylic acids is 1. The summed E-state index contributed by atoms with van der Waals surface area (Å²) < 4.78 is 0. The van der Waals surface area contributed by atoms with Crippen LogP contribution in [-0.2, 0) is 9.59 Å². The molecule has 5 nitrogen and oxygen atoms in total. The van der Waals surface area contributed by atoms with Crippen molar-refractivity contribution < 1.29 is 14.7 Å². The van der Waals surface area contributed by atoms with Gasteiger partial charge in [0.05, 0.1) is 11.8 Å². The van der Waals surface area contributed by atoms with Crippen molar-refractivity contribution in [3.63, 3.8) is 0 Å². The summed E-state index contributed by atoms with van der Waals surface area (Å²) in [6.45, 7) is 1.91. The van der Waals surface area contributed by atoms with E-state index in [9.17, 15) is 9.59 Å². The molecule has 1 aliphatic carbocycles. The second-order valence-electron chi connectivity index (χ2n) is 4.70. The minimum Gasteiger partial charge on any atom is -0.481 e. The Morgan fingerprint density at radius 1 is 1.26 bits per heavy atom. The van der Waals surface area contributed by atoms with Crippen LogP contribution in [0.4, 0.5) is 5.82 Å². The van der Waals surface area contributed by atoms with Crippen LogP contribution in [0.5, 0.6) is 0 Å². The van der Waals surface area contributed by atoms with Gasteiger partial charge in [0, 0.05) is 6.20 Å². The highest BCUT2D eigenvalue weighted by Crippen LogP contribution is 2.27. The van der Waals surface area contributed by atoms with Crippen molar-refractivity contribution in [1.29, 1.82) is 0 Å². The number of anilines is 1. The van der Waals surface area contributed by atoms with Gasteiger partial charge in [-0.3, -0.25) is 9.59 Å². The molecule has 0 aliphatic heterocycles. The van der Waals surface area contributed by atoms with Crippen LogP contribution < -0.4 is 5.32 Å². The van der Waals surface area contributed by atoms with Gasteiger partial charge in [-0.2, -0.15) is 0 Å². The first-order chi connectivity index (χ1) is 9.08. The number of pyridine rings is 1. The summed E-state index contributed by atoms with van der Waals surface area (Å²) in [7, 11) is 0. The molecule has 0 saturated heterocycles. The Balaban J connectivity index is 2.08. The molecule has 2 unspecified atom stereocenters. The lowest BCUT2D eigenvalue weighted by Gasteiger charge is -2.23. The number of aryl methyl sites for hydroxylation is 1. The molecule has 100 valence electrons. The van der Waals surface area contributed by atoms with E-state index in [4.69, 9.17) is 5.11 Å². The van der Waals surface area contributed by atoms with Crippen molar-refractivity contribution in [2.45, 2.75) is 19.8 Å². The van der Waals surface area contributed by atoms with Gasteiger partial charge in [0.15, 0.2) is 0 Å². The lowest BCUT2D eigenvalue weighted by atomic mass is 9.82. The number of nitrogens with one attached hydrogen (secondary N) is 1. The third-order valence-corrected chi connectivity index (χ3v) is 3.25. The first-order valence-corrected chi connectivity index (χ1v) is 6.19. The van der Waals surface area contributed by atoms with E-state index in [-0.39, 0.29) is 5.91 Å². The van der Waals surface area contributed by atoms with Gasteiger partial charge in [0.2, 0.25) is 5.91 Å². The molecule has 1 aromatic heterocycles. The van der Waals surface area contributed by atoms with E-state index in [1.165, 1.54) is 0 Å². The van der Waals surface area contributed by atoms with Gasteiger partial charge >= 0.3 is 5.97 Å². The zero-order chi connectivity index (χ0) is 13.8. The molecule has 5 heteroatoms. The average molecular weight is 260 g/mol. The van der Waals surface area contributed by atoms with Crippen molar-refractivity contribution in [2.75, 3.05) is 5.32 Å². The Kier molecular flexibility index (Phi) is 3.94. The van der Waals surface area contributed by atoms with Crippen LogP contribution in [0.3, 0.4) is 0 Å². The summed E-state index contributed by atoms with van der Waals surface area (Å²) in [6.07, 6.45) is 6.17. The molecular formula is C14H16N2O3. The second kappa shape index (κ2) is 5.65. The molecule has 2 atom stereocenters. The fourth-order valence-corrected chi connectivity index (χ4v) is 2.14. The Bertz CT molecular complexity index is 508. The van der Waals surface area contributed by atoms with Gasteiger partial charge in [-0.25, -0.2) is 4.98 Å². The van der Waals surface area contributed by atoms with Crippen molar-refractivity contribution in [3.8, 4) is 0 Å². The molecule has 0 fully saturated rings. The van der Waals surface area contributed by atoms with E-state index < -0.39 is 17.8 Å².